The summed E-state index contributed by atoms with van der Waals surface area (Å²) in [6.07, 6.45) is 1.72. The van der Waals surface area contributed by atoms with E-state index in [9.17, 15) is 9.59 Å². The summed E-state index contributed by atoms with van der Waals surface area (Å²) in [6, 6.07) is 6.79. The Morgan fingerprint density at radius 3 is 2.57 bits per heavy atom. The van der Waals surface area contributed by atoms with E-state index in [-0.39, 0.29) is 11.7 Å². The summed E-state index contributed by atoms with van der Waals surface area (Å²) in [5, 5.41) is 4.76. The molecule has 0 saturated heterocycles. The normalized spacial score (nSPS) is 10.8. The molecule has 0 atom stereocenters. The summed E-state index contributed by atoms with van der Waals surface area (Å²) in [5.74, 6) is -0.265. The van der Waals surface area contributed by atoms with Gasteiger partial charge in [0.1, 0.15) is 5.69 Å². The lowest BCUT2D eigenvalue weighted by Crippen LogP contribution is -2.12. The molecule has 0 aliphatic heterocycles. The van der Waals surface area contributed by atoms with Crippen LogP contribution in [0.2, 0.25) is 0 Å². The molecule has 0 fully saturated rings. The van der Waals surface area contributed by atoms with E-state index in [1.54, 1.807) is 30.5 Å². The molecular formula is C15H13N3O2S. The quantitative estimate of drug-likeness (QED) is 0.756. The topological polar surface area (TPSA) is 63.5 Å². The number of benzene rings is 1. The van der Waals surface area contributed by atoms with Crippen molar-refractivity contribution in [3.63, 3.8) is 0 Å². The summed E-state index contributed by atoms with van der Waals surface area (Å²) in [4.78, 5) is 28.5. The summed E-state index contributed by atoms with van der Waals surface area (Å²) in [7, 11) is 0. The number of amides is 1. The average Bonchev–Trinajstić information content (AvgIpc) is 3.02. The number of nitrogens with zero attached hydrogens (tertiary/aromatic N) is 2. The molecule has 0 spiro atoms. The van der Waals surface area contributed by atoms with Gasteiger partial charge in [0.2, 0.25) is 0 Å². The van der Waals surface area contributed by atoms with E-state index in [4.69, 9.17) is 0 Å². The number of hydrogen-bond donors (Lipinski definition) is 1. The summed E-state index contributed by atoms with van der Waals surface area (Å²) < 4.78 is 1.89. The number of carbonyl (C=O) groups is 2. The van der Waals surface area contributed by atoms with Crippen LogP contribution in [0.15, 0.2) is 35.8 Å². The number of thiazole rings is 1. The van der Waals surface area contributed by atoms with Crippen LogP contribution in [0.5, 0.6) is 0 Å². The van der Waals surface area contributed by atoms with E-state index < -0.39 is 0 Å². The molecule has 1 aromatic carbocycles. The van der Waals surface area contributed by atoms with Crippen molar-refractivity contribution in [3.8, 4) is 0 Å². The molecule has 0 radical (unpaired) electrons. The standard InChI is InChI=1S/C15H13N3O2S/c1-9-8-21-15-17-13(7-18(9)15)14(20)16-12-5-3-11(4-6-12)10(2)19/h3-8H,1-2H3,(H,16,20). The number of rotatable bonds is 3. The van der Waals surface area contributed by atoms with Crippen molar-refractivity contribution in [1.82, 2.24) is 9.38 Å². The van der Waals surface area contributed by atoms with Crippen molar-refractivity contribution in [1.29, 1.82) is 0 Å². The maximum atomic E-state index is 12.2. The van der Waals surface area contributed by atoms with Gasteiger partial charge in [-0.3, -0.25) is 14.0 Å². The van der Waals surface area contributed by atoms with Gasteiger partial charge >= 0.3 is 0 Å². The number of ketones is 1. The first-order chi connectivity index (χ1) is 10.0. The zero-order valence-corrected chi connectivity index (χ0v) is 12.4. The predicted molar refractivity (Wildman–Crippen MR) is 82.2 cm³/mol. The van der Waals surface area contributed by atoms with Crippen LogP contribution in [0.25, 0.3) is 4.96 Å². The fourth-order valence-electron chi connectivity index (χ4n) is 1.99. The first-order valence-corrected chi connectivity index (χ1v) is 7.28. The van der Waals surface area contributed by atoms with E-state index in [1.807, 2.05) is 16.7 Å². The van der Waals surface area contributed by atoms with Crippen molar-refractivity contribution < 1.29 is 9.59 Å². The minimum Gasteiger partial charge on any atom is -0.321 e. The molecule has 6 heteroatoms. The largest absolute Gasteiger partial charge is 0.321 e. The monoisotopic (exact) mass is 299 g/mol. The number of carbonyl (C=O) groups excluding carboxylic acids is 2. The second-order valence-corrected chi connectivity index (χ2v) is 5.58. The molecule has 3 aromatic rings. The Labute approximate surface area is 125 Å². The fourth-order valence-corrected chi connectivity index (χ4v) is 2.84. The van der Waals surface area contributed by atoms with Gasteiger partial charge in [0.05, 0.1) is 0 Å². The predicted octanol–water partition coefficient (Wildman–Crippen LogP) is 3.16. The third-order valence-electron chi connectivity index (χ3n) is 3.17. The second kappa shape index (κ2) is 5.14. The van der Waals surface area contributed by atoms with Gasteiger partial charge in [-0.15, -0.1) is 11.3 Å². The lowest BCUT2D eigenvalue weighted by molar-refractivity contribution is 0.101. The van der Waals surface area contributed by atoms with Gasteiger partial charge in [-0.1, -0.05) is 0 Å². The van der Waals surface area contributed by atoms with Gasteiger partial charge < -0.3 is 5.32 Å². The highest BCUT2D eigenvalue weighted by atomic mass is 32.1. The maximum absolute atomic E-state index is 12.2. The van der Waals surface area contributed by atoms with Crippen LogP contribution in [0.1, 0.15) is 33.5 Å². The molecule has 0 saturated carbocycles. The molecule has 0 bridgehead atoms. The smallest absolute Gasteiger partial charge is 0.275 e. The Morgan fingerprint density at radius 2 is 1.95 bits per heavy atom. The highest BCUT2D eigenvalue weighted by Gasteiger charge is 2.13. The number of imidazole rings is 1. The van der Waals surface area contributed by atoms with Crippen LogP contribution in [-0.2, 0) is 0 Å². The van der Waals surface area contributed by atoms with E-state index in [1.165, 1.54) is 18.3 Å². The van der Waals surface area contributed by atoms with Crippen LogP contribution in [0.3, 0.4) is 0 Å². The van der Waals surface area contributed by atoms with Crippen molar-refractivity contribution >= 4 is 33.7 Å². The minimum atomic E-state index is -0.263. The lowest BCUT2D eigenvalue weighted by Gasteiger charge is -2.03. The number of anilines is 1. The molecule has 2 aromatic heterocycles. The van der Waals surface area contributed by atoms with E-state index >= 15 is 0 Å². The maximum Gasteiger partial charge on any atom is 0.275 e. The van der Waals surface area contributed by atoms with Gasteiger partial charge in [-0.05, 0) is 38.1 Å². The summed E-state index contributed by atoms with van der Waals surface area (Å²) in [5.41, 5.74) is 2.68. The molecule has 3 rings (SSSR count). The highest BCUT2D eigenvalue weighted by Crippen LogP contribution is 2.17. The lowest BCUT2D eigenvalue weighted by atomic mass is 10.1. The number of nitrogens with one attached hydrogen (secondary N) is 1. The first-order valence-electron chi connectivity index (χ1n) is 6.40. The molecule has 1 amide bonds. The zero-order valence-electron chi connectivity index (χ0n) is 11.6. The van der Waals surface area contributed by atoms with Crippen LogP contribution in [0.4, 0.5) is 5.69 Å². The molecule has 1 N–H and O–H groups in total. The Morgan fingerprint density at radius 1 is 1.24 bits per heavy atom. The molecule has 0 aliphatic carbocycles. The van der Waals surface area contributed by atoms with Crippen molar-refractivity contribution in [3.05, 3.63) is 52.8 Å². The number of fused-ring (bicyclic) bond motifs is 1. The molecule has 0 unspecified atom stereocenters. The first kappa shape index (κ1) is 13.5. The molecule has 0 aliphatic rings. The second-order valence-electron chi connectivity index (χ2n) is 4.74. The van der Waals surface area contributed by atoms with Gasteiger partial charge in [0, 0.05) is 28.5 Å². The molecule has 106 valence electrons. The molecule has 5 nitrogen and oxygen atoms in total. The minimum absolute atomic E-state index is 0.00214. The SMILES string of the molecule is CC(=O)c1ccc(NC(=O)c2cn3c(C)csc3n2)cc1. The third-order valence-corrected chi connectivity index (χ3v) is 4.13. The molecule has 21 heavy (non-hydrogen) atoms. The van der Waals surface area contributed by atoms with Crippen LogP contribution >= 0.6 is 11.3 Å². The molecular weight excluding hydrogens is 286 g/mol. The van der Waals surface area contributed by atoms with Gasteiger partial charge in [0.15, 0.2) is 10.7 Å². The van der Waals surface area contributed by atoms with Crippen molar-refractivity contribution in [2.75, 3.05) is 5.32 Å². The number of Topliss-reactive ketones (excluding diaryl/α,β-unsaturated/α-hetero) is 1. The zero-order chi connectivity index (χ0) is 15.0. The highest BCUT2D eigenvalue weighted by molar-refractivity contribution is 7.15. The number of hydrogen-bond acceptors (Lipinski definition) is 4. The van der Waals surface area contributed by atoms with Gasteiger partial charge in [0.25, 0.3) is 5.91 Å². The third kappa shape index (κ3) is 2.57. The van der Waals surface area contributed by atoms with Gasteiger partial charge in [-0.25, -0.2) is 4.98 Å². The van der Waals surface area contributed by atoms with E-state index in [0.717, 1.165) is 10.7 Å². The Hall–Kier alpha value is -2.47. The summed E-state index contributed by atoms with van der Waals surface area (Å²) in [6.45, 7) is 3.47. The fraction of sp³-hybridized carbons (Fsp3) is 0.133. The van der Waals surface area contributed by atoms with Gasteiger partial charge in [-0.2, -0.15) is 0 Å². The van der Waals surface area contributed by atoms with Crippen molar-refractivity contribution in [2.24, 2.45) is 0 Å². The molecule has 2 heterocycles. The van der Waals surface area contributed by atoms with E-state index in [2.05, 4.69) is 10.3 Å². The van der Waals surface area contributed by atoms with Crippen LogP contribution in [-0.4, -0.2) is 21.1 Å². The van der Waals surface area contributed by atoms with Crippen LogP contribution < -0.4 is 5.32 Å². The van der Waals surface area contributed by atoms with Crippen molar-refractivity contribution in [2.45, 2.75) is 13.8 Å². The number of aryl methyl sites for hydroxylation is 1. The number of aromatic nitrogens is 2. The average molecular weight is 299 g/mol. The van der Waals surface area contributed by atoms with E-state index in [0.29, 0.717) is 16.9 Å². The van der Waals surface area contributed by atoms with Crippen LogP contribution in [0, 0.1) is 6.92 Å². The summed E-state index contributed by atoms with van der Waals surface area (Å²) >= 11 is 1.50. The Kier molecular flexibility index (Phi) is 3.31. The Bertz CT molecular complexity index is 830. The Balaban J connectivity index is 1.80.